The molecule has 1 heterocycles. The maximum absolute atomic E-state index is 13.8. The Balaban J connectivity index is 1.39. The molecule has 0 spiro atoms. The van der Waals surface area contributed by atoms with Gasteiger partial charge in [0.1, 0.15) is 32.5 Å². The molecule has 0 aromatic heterocycles. The van der Waals surface area contributed by atoms with E-state index in [9.17, 15) is 26.4 Å². The normalized spacial score (nSPS) is 14.9. The molecule has 1 aliphatic heterocycles. The number of benzene rings is 3. The Hall–Kier alpha value is -4.75. The molecule has 3 aromatic rings. The fourth-order valence-electron chi connectivity index (χ4n) is 5.34. The summed E-state index contributed by atoms with van der Waals surface area (Å²) in [6, 6.07) is 19.7. The number of aliphatic imine (C=N–C) groups is 1. The van der Waals surface area contributed by atoms with Gasteiger partial charge in [0.05, 0.1) is 13.2 Å². The van der Waals surface area contributed by atoms with Crippen molar-refractivity contribution in [2.45, 2.75) is 82.4 Å². The third-order valence-corrected chi connectivity index (χ3v) is 11.1. The molecule has 306 valence electrons. The topological polar surface area (TPSA) is 197 Å². The van der Waals surface area contributed by atoms with Crippen molar-refractivity contribution in [3.63, 3.8) is 0 Å². The van der Waals surface area contributed by atoms with Crippen LogP contribution in [-0.2, 0) is 41.0 Å². The van der Waals surface area contributed by atoms with Crippen LogP contribution in [0, 0.1) is 6.92 Å². The molecular weight excluding hydrogens is 767 g/mol. The molecule has 1 aliphatic rings. The Labute approximate surface area is 329 Å². The first-order valence-electron chi connectivity index (χ1n) is 17.9. The van der Waals surface area contributed by atoms with E-state index in [4.69, 9.17) is 29.0 Å². The third-order valence-electron chi connectivity index (χ3n) is 7.69. The van der Waals surface area contributed by atoms with Crippen molar-refractivity contribution < 1.29 is 49.7 Å². The average molecular weight is 818 g/mol. The van der Waals surface area contributed by atoms with Gasteiger partial charge in [0.15, 0.2) is 0 Å². The van der Waals surface area contributed by atoms with E-state index in [1.165, 1.54) is 40.7 Å². The molecule has 16 nitrogen and oxygen atoms in total. The Morgan fingerprint density at radius 3 is 2.00 bits per heavy atom. The Morgan fingerprint density at radius 2 is 1.38 bits per heavy atom. The predicted molar refractivity (Wildman–Crippen MR) is 208 cm³/mol. The van der Waals surface area contributed by atoms with Gasteiger partial charge in [-0.1, -0.05) is 42.5 Å². The van der Waals surface area contributed by atoms with Gasteiger partial charge in [-0.3, -0.25) is 9.74 Å². The second-order valence-electron chi connectivity index (χ2n) is 14.9. The van der Waals surface area contributed by atoms with Gasteiger partial charge in [0, 0.05) is 45.2 Å². The largest absolute Gasteiger partial charge is 0.493 e. The molecule has 0 bridgehead atoms. The summed E-state index contributed by atoms with van der Waals surface area (Å²) in [5.41, 5.74) is 5.85. The molecule has 3 aromatic carbocycles. The zero-order valence-electron chi connectivity index (χ0n) is 32.8. The zero-order chi connectivity index (χ0) is 41.3. The highest BCUT2D eigenvalue weighted by Gasteiger charge is 2.34. The third kappa shape index (κ3) is 13.2. The molecule has 1 saturated heterocycles. The van der Waals surface area contributed by atoms with Crippen LogP contribution in [0.1, 0.15) is 59.1 Å². The van der Waals surface area contributed by atoms with Crippen LogP contribution in [0.25, 0.3) is 0 Å². The number of amides is 2. The summed E-state index contributed by atoms with van der Waals surface area (Å²) in [5, 5.41) is 0.544. The maximum atomic E-state index is 13.8. The number of hydrogen-bond acceptors (Lipinski definition) is 12. The number of carbonyl (C=O) groups is 2. The van der Waals surface area contributed by atoms with Gasteiger partial charge in [-0.05, 0) is 83.9 Å². The first kappa shape index (κ1) is 44.0. The molecule has 4 rings (SSSR count). The minimum Gasteiger partial charge on any atom is -0.493 e. The summed E-state index contributed by atoms with van der Waals surface area (Å²) in [7, 11) is -8.83. The molecule has 0 saturated carbocycles. The second kappa shape index (κ2) is 18.5. The summed E-state index contributed by atoms with van der Waals surface area (Å²) >= 11 is 0. The number of ether oxygens (including phenoxy) is 3. The number of sulfonamides is 1. The number of nitrogens with two attached hydrogens (primary N) is 1. The Kier molecular flexibility index (Phi) is 14.5. The van der Waals surface area contributed by atoms with E-state index in [-0.39, 0.29) is 49.1 Å². The van der Waals surface area contributed by atoms with Gasteiger partial charge in [-0.2, -0.15) is 12.7 Å². The lowest BCUT2D eigenvalue weighted by Crippen LogP contribution is -2.48. The highest BCUT2D eigenvalue weighted by molar-refractivity contribution is 7.91. The number of piperazine rings is 1. The number of hydrogen-bond donors (Lipinski definition) is 1. The van der Waals surface area contributed by atoms with E-state index in [2.05, 4.69) is 9.89 Å². The van der Waals surface area contributed by atoms with E-state index in [0.717, 1.165) is 5.56 Å². The van der Waals surface area contributed by atoms with Crippen LogP contribution in [0.3, 0.4) is 0 Å². The number of nitrogens with zero attached hydrogens (tertiary/aromatic N) is 4. The maximum Gasteiger partial charge on any atom is 0.442 e. The van der Waals surface area contributed by atoms with Gasteiger partial charge >= 0.3 is 22.3 Å². The van der Waals surface area contributed by atoms with Gasteiger partial charge in [-0.25, -0.2) is 18.0 Å². The summed E-state index contributed by atoms with van der Waals surface area (Å²) in [6.07, 6.45) is -1.86. The van der Waals surface area contributed by atoms with Crippen molar-refractivity contribution in [2.24, 2.45) is 10.7 Å². The molecule has 2 amide bonds. The molecule has 0 aliphatic carbocycles. The van der Waals surface area contributed by atoms with Crippen LogP contribution in [0.5, 0.6) is 11.5 Å². The number of rotatable bonds is 13. The lowest BCUT2D eigenvalue weighted by Gasteiger charge is -2.34. The van der Waals surface area contributed by atoms with E-state index < -0.39 is 54.4 Å². The van der Waals surface area contributed by atoms with Crippen LogP contribution in [0.4, 0.5) is 9.59 Å². The predicted octanol–water partition coefficient (Wildman–Crippen LogP) is 5.46. The number of guanidine groups is 1. The molecule has 0 radical (unpaired) electrons. The van der Waals surface area contributed by atoms with Gasteiger partial charge in [-0.15, -0.1) is 10.1 Å². The average Bonchev–Trinajstić information content (AvgIpc) is 3.08. The first-order valence-corrected chi connectivity index (χ1v) is 20.8. The van der Waals surface area contributed by atoms with Crippen molar-refractivity contribution in [3.8, 4) is 11.5 Å². The molecule has 0 atom stereocenters. The minimum absolute atomic E-state index is 0.0284. The van der Waals surface area contributed by atoms with Crippen LogP contribution in [0.15, 0.2) is 87.6 Å². The van der Waals surface area contributed by atoms with Crippen LogP contribution < -0.4 is 14.7 Å². The van der Waals surface area contributed by atoms with E-state index in [0.29, 0.717) is 30.3 Å². The van der Waals surface area contributed by atoms with Crippen molar-refractivity contribution in [1.29, 1.82) is 0 Å². The number of aryl methyl sites for hydroxylation is 1. The molecule has 2 N–H and O–H groups in total. The lowest BCUT2D eigenvalue weighted by molar-refractivity contribution is -0.103. The zero-order valence-corrected chi connectivity index (χ0v) is 34.4. The molecule has 18 heteroatoms. The highest BCUT2D eigenvalue weighted by atomic mass is 32.2. The Morgan fingerprint density at radius 1 is 0.786 bits per heavy atom. The highest BCUT2D eigenvalue weighted by Crippen LogP contribution is 2.30. The van der Waals surface area contributed by atoms with Crippen molar-refractivity contribution in [1.82, 2.24) is 14.3 Å². The van der Waals surface area contributed by atoms with Crippen molar-refractivity contribution in [2.75, 3.05) is 39.4 Å². The fourth-order valence-corrected chi connectivity index (χ4v) is 8.46. The SMILES string of the molecule is Cc1cc(OCCCON(C(=O)OC(C)(C)C)C(N)=NC(=O)OC(C)(C)C)cc(OS(=O)(=O)c2ccccc2S(=O)(=O)N2CCN(Cc3ccccc3)CC2)c1. The van der Waals surface area contributed by atoms with Crippen molar-refractivity contribution >= 4 is 38.3 Å². The van der Waals surface area contributed by atoms with Gasteiger partial charge < -0.3 is 24.1 Å². The van der Waals surface area contributed by atoms with Crippen LogP contribution in [0.2, 0.25) is 0 Å². The number of carbonyl (C=O) groups excluding carboxylic acids is 2. The Bertz CT molecular complexity index is 2070. The summed E-state index contributed by atoms with van der Waals surface area (Å²) < 4.78 is 78.0. The monoisotopic (exact) mass is 817 g/mol. The summed E-state index contributed by atoms with van der Waals surface area (Å²) in [5.74, 6) is -0.452. The van der Waals surface area contributed by atoms with E-state index in [1.54, 1.807) is 54.5 Å². The van der Waals surface area contributed by atoms with E-state index >= 15 is 0 Å². The molecule has 56 heavy (non-hydrogen) atoms. The standard InChI is InChI=1S/C38H51N5O11S2/c1-28-24-30(50-22-13-23-51-43(36(45)53-38(5,6)7)34(39)40-35(44)52-37(2,3)4)26-31(25-28)54-56(48,49)33-17-12-11-16-32(33)55(46,47)42-20-18-41(19-21-42)27-29-14-9-8-10-15-29/h8-12,14-17,24-26H,13,18-23,27H2,1-7H3,(H2,39,40,44). The number of hydroxylamine groups is 2. The molecular formula is C38H51N5O11S2. The van der Waals surface area contributed by atoms with Crippen molar-refractivity contribution in [3.05, 3.63) is 83.9 Å². The molecule has 1 fully saturated rings. The van der Waals surface area contributed by atoms with Crippen LogP contribution in [-0.4, -0.2) is 99.8 Å². The van der Waals surface area contributed by atoms with Crippen LogP contribution >= 0.6 is 0 Å². The van der Waals surface area contributed by atoms with E-state index in [1.807, 2.05) is 30.3 Å². The van der Waals surface area contributed by atoms with Gasteiger partial charge in [0.2, 0.25) is 16.0 Å². The first-order chi connectivity index (χ1) is 26.1. The quantitative estimate of drug-likeness (QED) is 0.0752. The summed E-state index contributed by atoms with van der Waals surface area (Å²) in [6.45, 7) is 13.5. The van der Waals surface area contributed by atoms with Gasteiger partial charge in [0.25, 0.3) is 0 Å². The smallest absolute Gasteiger partial charge is 0.442 e. The molecule has 0 unspecified atom stereocenters. The second-order valence-corrected chi connectivity index (χ2v) is 18.3. The minimum atomic E-state index is -4.64. The lowest BCUT2D eigenvalue weighted by atomic mass is 10.2. The fraction of sp³-hybridized carbons (Fsp3) is 0.447. The summed E-state index contributed by atoms with van der Waals surface area (Å²) in [4.78, 5) is 35.4.